The smallest absolute Gasteiger partial charge is 0.267 e. The van der Waals surface area contributed by atoms with Gasteiger partial charge in [0.15, 0.2) is 11.5 Å². The number of fused-ring (bicyclic) bond motifs is 1. The number of nitrogens with zero attached hydrogens (tertiary/aromatic N) is 2. The van der Waals surface area contributed by atoms with E-state index in [4.69, 9.17) is 9.47 Å². The lowest BCUT2D eigenvalue weighted by Gasteiger charge is -2.18. The van der Waals surface area contributed by atoms with Crippen LogP contribution in [0.25, 0.3) is 11.3 Å². The van der Waals surface area contributed by atoms with Gasteiger partial charge in [0.2, 0.25) is 5.91 Å². The number of hydrogen-bond acceptors (Lipinski definition) is 6. The molecule has 2 N–H and O–H groups in total. The zero-order valence-electron chi connectivity index (χ0n) is 17.7. The Kier molecular flexibility index (Phi) is 5.52. The SMILES string of the molecule is O=C(Cn1nc(-c2ccc3c(c2)OCCO3)ccc1=O)Nc1cccc(C(=O)NC2CC2)c1. The highest BCUT2D eigenvalue weighted by molar-refractivity contribution is 5.97. The van der Waals surface area contributed by atoms with Gasteiger partial charge in [0, 0.05) is 28.9 Å². The van der Waals surface area contributed by atoms with Gasteiger partial charge in [0.1, 0.15) is 19.8 Å². The van der Waals surface area contributed by atoms with Gasteiger partial charge in [0.05, 0.1) is 5.69 Å². The van der Waals surface area contributed by atoms with Crippen molar-refractivity contribution in [1.29, 1.82) is 0 Å². The molecule has 1 aromatic heterocycles. The Morgan fingerprint density at radius 1 is 1.00 bits per heavy atom. The van der Waals surface area contributed by atoms with Crippen molar-refractivity contribution in [3.8, 4) is 22.8 Å². The molecule has 0 unspecified atom stereocenters. The standard InChI is InChI=1S/C24H22N4O5/c29-22(25-18-3-1-2-16(12-18)24(31)26-17-5-6-17)14-28-23(30)9-7-19(27-28)15-4-8-20-21(13-15)33-11-10-32-20/h1-4,7-9,12-13,17H,5-6,10-11,14H2,(H,25,29)(H,26,31). The summed E-state index contributed by atoms with van der Waals surface area (Å²) >= 11 is 0. The predicted octanol–water partition coefficient (Wildman–Crippen LogP) is 2.21. The molecule has 5 rings (SSSR count). The maximum Gasteiger partial charge on any atom is 0.267 e. The zero-order chi connectivity index (χ0) is 22.8. The molecule has 1 aliphatic heterocycles. The fourth-order valence-corrected chi connectivity index (χ4v) is 3.49. The van der Waals surface area contributed by atoms with E-state index in [1.807, 2.05) is 6.07 Å². The van der Waals surface area contributed by atoms with Gasteiger partial charge in [-0.2, -0.15) is 5.10 Å². The van der Waals surface area contributed by atoms with Crippen LogP contribution in [0.3, 0.4) is 0 Å². The first-order chi connectivity index (χ1) is 16.0. The Bertz CT molecular complexity index is 1280. The summed E-state index contributed by atoms with van der Waals surface area (Å²) in [5, 5.41) is 9.98. The van der Waals surface area contributed by atoms with Crippen LogP contribution in [0.4, 0.5) is 5.69 Å². The van der Waals surface area contributed by atoms with Crippen LogP contribution in [0.1, 0.15) is 23.2 Å². The minimum absolute atomic E-state index is 0.168. The monoisotopic (exact) mass is 446 g/mol. The maximum absolute atomic E-state index is 12.6. The average molecular weight is 446 g/mol. The second kappa shape index (κ2) is 8.78. The lowest BCUT2D eigenvalue weighted by molar-refractivity contribution is -0.117. The lowest BCUT2D eigenvalue weighted by Crippen LogP contribution is -2.29. The summed E-state index contributed by atoms with van der Waals surface area (Å²) in [4.78, 5) is 37.1. The fourth-order valence-electron chi connectivity index (χ4n) is 3.49. The van der Waals surface area contributed by atoms with E-state index < -0.39 is 11.5 Å². The van der Waals surface area contributed by atoms with Crippen molar-refractivity contribution in [2.75, 3.05) is 18.5 Å². The number of ether oxygens (including phenoxy) is 2. The van der Waals surface area contributed by atoms with Crippen molar-refractivity contribution >= 4 is 17.5 Å². The minimum Gasteiger partial charge on any atom is -0.486 e. The quantitative estimate of drug-likeness (QED) is 0.601. The Hall–Kier alpha value is -4.14. The first-order valence-electron chi connectivity index (χ1n) is 10.7. The van der Waals surface area contributed by atoms with E-state index in [1.165, 1.54) is 6.07 Å². The molecule has 2 aromatic carbocycles. The summed E-state index contributed by atoms with van der Waals surface area (Å²) in [7, 11) is 0. The highest BCUT2D eigenvalue weighted by Crippen LogP contribution is 2.33. The molecular weight excluding hydrogens is 424 g/mol. The van der Waals surface area contributed by atoms with Gasteiger partial charge in [-0.25, -0.2) is 4.68 Å². The van der Waals surface area contributed by atoms with Gasteiger partial charge >= 0.3 is 0 Å². The van der Waals surface area contributed by atoms with Gasteiger partial charge < -0.3 is 20.1 Å². The third-order valence-electron chi connectivity index (χ3n) is 5.32. The molecule has 33 heavy (non-hydrogen) atoms. The molecular formula is C24H22N4O5. The number of carbonyl (C=O) groups is 2. The molecule has 0 bridgehead atoms. The van der Waals surface area contributed by atoms with Gasteiger partial charge in [0.25, 0.3) is 11.5 Å². The first-order valence-corrected chi connectivity index (χ1v) is 10.7. The second-order valence-corrected chi connectivity index (χ2v) is 7.95. The van der Waals surface area contributed by atoms with Crippen LogP contribution in [0.15, 0.2) is 59.4 Å². The van der Waals surface area contributed by atoms with E-state index in [0.29, 0.717) is 41.7 Å². The summed E-state index contributed by atoms with van der Waals surface area (Å²) in [6.45, 7) is 0.696. The number of rotatable bonds is 6. The number of anilines is 1. The largest absolute Gasteiger partial charge is 0.486 e. The van der Waals surface area contributed by atoms with Crippen LogP contribution in [0, 0.1) is 0 Å². The molecule has 0 radical (unpaired) electrons. The molecule has 3 aromatic rings. The first kappa shape index (κ1) is 20.7. The highest BCUT2D eigenvalue weighted by atomic mass is 16.6. The average Bonchev–Trinajstić information content (AvgIpc) is 3.64. The Labute approximate surface area is 189 Å². The number of carbonyl (C=O) groups excluding carboxylic acids is 2. The van der Waals surface area contributed by atoms with Crippen LogP contribution >= 0.6 is 0 Å². The van der Waals surface area contributed by atoms with Crippen LogP contribution in [0.2, 0.25) is 0 Å². The fraction of sp³-hybridized carbons (Fsp3) is 0.250. The molecule has 9 heteroatoms. The van der Waals surface area contributed by atoms with Crippen LogP contribution < -0.4 is 25.7 Å². The summed E-state index contributed by atoms with van der Waals surface area (Å²) in [5.41, 5.74) is 1.81. The zero-order valence-corrected chi connectivity index (χ0v) is 17.7. The van der Waals surface area contributed by atoms with Crippen molar-refractivity contribution in [1.82, 2.24) is 15.1 Å². The van der Waals surface area contributed by atoms with Crippen LogP contribution in [-0.4, -0.2) is 40.9 Å². The number of aromatic nitrogens is 2. The molecule has 1 aliphatic carbocycles. The van der Waals surface area contributed by atoms with E-state index in [-0.39, 0.29) is 18.5 Å². The van der Waals surface area contributed by atoms with Crippen LogP contribution in [0.5, 0.6) is 11.5 Å². The third kappa shape index (κ3) is 4.87. The highest BCUT2D eigenvalue weighted by Gasteiger charge is 2.24. The lowest BCUT2D eigenvalue weighted by atomic mass is 10.1. The molecule has 0 atom stereocenters. The second-order valence-electron chi connectivity index (χ2n) is 7.95. The van der Waals surface area contributed by atoms with Gasteiger partial charge in [-0.3, -0.25) is 14.4 Å². The Morgan fingerprint density at radius 2 is 1.82 bits per heavy atom. The minimum atomic E-state index is -0.427. The van der Waals surface area contributed by atoms with Gasteiger partial charge in [-0.1, -0.05) is 6.07 Å². The molecule has 168 valence electrons. The maximum atomic E-state index is 12.6. The van der Waals surface area contributed by atoms with E-state index in [0.717, 1.165) is 23.1 Å². The molecule has 1 fully saturated rings. The Morgan fingerprint density at radius 3 is 2.64 bits per heavy atom. The summed E-state index contributed by atoms with van der Waals surface area (Å²) in [5.74, 6) is 0.676. The van der Waals surface area contributed by atoms with E-state index in [9.17, 15) is 14.4 Å². The van der Waals surface area contributed by atoms with E-state index >= 15 is 0 Å². The van der Waals surface area contributed by atoms with Crippen molar-refractivity contribution < 1.29 is 19.1 Å². The van der Waals surface area contributed by atoms with E-state index in [2.05, 4.69) is 15.7 Å². The van der Waals surface area contributed by atoms with Crippen molar-refractivity contribution in [3.63, 3.8) is 0 Å². The molecule has 2 heterocycles. The normalized spacial score (nSPS) is 14.4. The number of nitrogens with one attached hydrogen (secondary N) is 2. The molecule has 9 nitrogen and oxygen atoms in total. The van der Waals surface area contributed by atoms with Crippen molar-refractivity contribution in [2.24, 2.45) is 0 Å². The molecule has 2 aliphatic rings. The summed E-state index contributed by atoms with van der Waals surface area (Å²) < 4.78 is 12.2. The molecule has 0 saturated heterocycles. The number of benzene rings is 2. The molecule has 0 spiro atoms. The third-order valence-corrected chi connectivity index (χ3v) is 5.32. The molecule has 1 saturated carbocycles. The summed E-state index contributed by atoms with van der Waals surface area (Å²) in [6, 6.07) is 15.3. The topological polar surface area (TPSA) is 112 Å². The predicted molar refractivity (Wildman–Crippen MR) is 120 cm³/mol. The summed E-state index contributed by atoms with van der Waals surface area (Å²) in [6.07, 6.45) is 1.99. The van der Waals surface area contributed by atoms with Gasteiger partial charge in [-0.15, -0.1) is 0 Å². The number of amides is 2. The Balaban J connectivity index is 1.30. The van der Waals surface area contributed by atoms with Crippen LogP contribution in [-0.2, 0) is 11.3 Å². The van der Waals surface area contributed by atoms with Crippen molar-refractivity contribution in [3.05, 3.63) is 70.5 Å². The number of hydrogen-bond donors (Lipinski definition) is 2. The van der Waals surface area contributed by atoms with Crippen molar-refractivity contribution in [2.45, 2.75) is 25.4 Å². The van der Waals surface area contributed by atoms with Gasteiger partial charge in [-0.05, 0) is 55.3 Å². The van der Waals surface area contributed by atoms with E-state index in [1.54, 1.807) is 42.5 Å². The molecule has 2 amide bonds.